The van der Waals surface area contributed by atoms with Gasteiger partial charge in [0, 0.05) is 22.7 Å². The maximum atomic E-state index is 12.9. The zero-order valence-corrected chi connectivity index (χ0v) is 14.1. The number of halogens is 1. The third-order valence-electron chi connectivity index (χ3n) is 3.63. The number of rotatable bonds is 3. The Balaban J connectivity index is 2.20. The molecule has 1 unspecified atom stereocenters. The van der Waals surface area contributed by atoms with Gasteiger partial charge in [-0.25, -0.2) is 17.7 Å². The van der Waals surface area contributed by atoms with E-state index in [2.05, 4.69) is 20.9 Å². The van der Waals surface area contributed by atoms with Gasteiger partial charge >= 0.3 is 0 Å². The van der Waals surface area contributed by atoms with Crippen LogP contribution >= 0.6 is 15.9 Å². The summed E-state index contributed by atoms with van der Waals surface area (Å²) in [6.07, 6.45) is 1.85. The molecule has 22 heavy (non-hydrogen) atoms. The number of pyridine rings is 1. The quantitative estimate of drug-likeness (QED) is 0.820. The lowest BCUT2D eigenvalue weighted by Gasteiger charge is -2.24. The summed E-state index contributed by atoms with van der Waals surface area (Å²) in [6, 6.07) is 9.07. The number of benzene rings is 1. The summed E-state index contributed by atoms with van der Waals surface area (Å²) >= 11 is 3.40. The van der Waals surface area contributed by atoms with Crippen molar-refractivity contribution in [1.82, 2.24) is 4.98 Å². The van der Waals surface area contributed by atoms with Crippen molar-refractivity contribution in [2.24, 2.45) is 0 Å². The molecule has 0 saturated heterocycles. The van der Waals surface area contributed by atoms with E-state index >= 15 is 0 Å². The van der Waals surface area contributed by atoms with E-state index in [-0.39, 0.29) is 10.7 Å². The third-order valence-corrected chi connectivity index (χ3v) is 6.19. The number of carbonyl (C=O) groups excluding carboxylic acids is 1. The van der Waals surface area contributed by atoms with Gasteiger partial charge in [-0.2, -0.15) is 0 Å². The molecule has 7 heteroatoms. The van der Waals surface area contributed by atoms with Crippen LogP contribution in [0.15, 0.2) is 52.0 Å². The van der Waals surface area contributed by atoms with Crippen molar-refractivity contribution in [1.29, 1.82) is 0 Å². The molecule has 2 heterocycles. The van der Waals surface area contributed by atoms with Crippen LogP contribution in [0.5, 0.6) is 0 Å². The first-order valence-electron chi connectivity index (χ1n) is 6.66. The number of ketones is 1. The normalized spacial score (nSPS) is 17.4. The number of hydrogen-bond donors (Lipinski definition) is 0. The van der Waals surface area contributed by atoms with E-state index in [4.69, 9.17) is 0 Å². The van der Waals surface area contributed by atoms with Crippen molar-refractivity contribution < 1.29 is 13.2 Å². The summed E-state index contributed by atoms with van der Waals surface area (Å²) in [4.78, 5) is 16.3. The van der Waals surface area contributed by atoms with Crippen LogP contribution in [0.1, 0.15) is 12.5 Å². The molecule has 0 radical (unpaired) electrons. The molecule has 0 aliphatic carbocycles. The Bertz CT molecular complexity index is 837. The molecule has 114 valence electrons. The SMILES string of the molecule is CC(=O)C1Cc2c(Br)ccnc2N1S(=O)(=O)c1ccccc1. The Morgan fingerprint density at radius 2 is 1.95 bits per heavy atom. The van der Waals surface area contributed by atoms with Crippen molar-refractivity contribution in [3.05, 3.63) is 52.6 Å². The molecule has 1 aliphatic heterocycles. The smallest absolute Gasteiger partial charge is 0.266 e. The molecule has 1 atom stereocenters. The summed E-state index contributed by atoms with van der Waals surface area (Å²) in [5, 5.41) is 0. The van der Waals surface area contributed by atoms with Crippen LogP contribution in [0.25, 0.3) is 0 Å². The number of carbonyl (C=O) groups is 1. The van der Waals surface area contributed by atoms with E-state index in [1.54, 1.807) is 24.3 Å². The molecule has 0 bridgehead atoms. The van der Waals surface area contributed by atoms with Crippen molar-refractivity contribution in [2.45, 2.75) is 24.3 Å². The summed E-state index contributed by atoms with van der Waals surface area (Å²) in [5.41, 5.74) is 0.738. The fourth-order valence-electron chi connectivity index (χ4n) is 2.56. The highest BCUT2D eigenvalue weighted by molar-refractivity contribution is 9.10. The Morgan fingerprint density at radius 3 is 2.59 bits per heavy atom. The van der Waals surface area contributed by atoms with Crippen LogP contribution < -0.4 is 4.31 Å². The molecule has 0 fully saturated rings. The molecule has 0 amide bonds. The largest absolute Gasteiger partial charge is 0.298 e. The van der Waals surface area contributed by atoms with Gasteiger partial charge in [0.25, 0.3) is 10.0 Å². The van der Waals surface area contributed by atoms with E-state index in [1.165, 1.54) is 25.3 Å². The molecule has 3 rings (SSSR count). The van der Waals surface area contributed by atoms with Gasteiger partial charge in [-0.15, -0.1) is 0 Å². The zero-order valence-electron chi connectivity index (χ0n) is 11.7. The van der Waals surface area contributed by atoms with Crippen molar-refractivity contribution in [3.63, 3.8) is 0 Å². The zero-order chi connectivity index (χ0) is 15.9. The number of hydrogen-bond acceptors (Lipinski definition) is 4. The summed E-state index contributed by atoms with van der Waals surface area (Å²) in [7, 11) is -3.83. The number of anilines is 1. The van der Waals surface area contributed by atoms with E-state index in [1.807, 2.05) is 0 Å². The fourth-order valence-corrected chi connectivity index (χ4v) is 4.69. The lowest BCUT2D eigenvalue weighted by atomic mass is 10.1. The van der Waals surface area contributed by atoms with Gasteiger partial charge in [0.1, 0.15) is 11.9 Å². The molecule has 0 saturated carbocycles. The number of aromatic nitrogens is 1. The summed E-state index contributed by atoms with van der Waals surface area (Å²) in [5.74, 6) is 0.114. The minimum Gasteiger partial charge on any atom is -0.298 e. The Hall–Kier alpha value is -1.73. The molecule has 1 aromatic heterocycles. The first kappa shape index (κ1) is 15.2. The van der Waals surface area contributed by atoms with Crippen LogP contribution in [0.2, 0.25) is 0 Å². The average Bonchev–Trinajstić information content (AvgIpc) is 2.90. The number of Topliss-reactive ketones (excluding diaryl/α,β-unsaturated/α-hetero) is 1. The van der Waals surface area contributed by atoms with E-state index in [0.717, 1.165) is 14.3 Å². The molecule has 0 N–H and O–H groups in total. The van der Waals surface area contributed by atoms with Crippen LogP contribution in [0.3, 0.4) is 0 Å². The van der Waals surface area contributed by atoms with Gasteiger partial charge in [-0.3, -0.25) is 4.79 Å². The topological polar surface area (TPSA) is 67.3 Å². The van der Waals surface area contributed by atoms with Crippen molar-refractivity contribution >= 4 is 37.6 Å². The highest BCUT2D eigenvalue weighted by Gasteiger charge is 2.42. The fraction of sp³-hybridized carbons (Fsp3) is 0.200. The summed E-state index contributed by atoms with van der Waals surface area (Å²) in [6.45, 7) is 1.40. The molecule has 1 aliphatic rings. The van der Waals surface area contributed by atoms with E-state index < -0.39 is 16.1 Å². The van der Waals surface area contributed by atoms with Gasteiger partial charge in [0.2, 0.25) is 0 Å². The highest BCUT2D eigenvalue weighted by atomic mass is 79.9. The van der Waals surface area contributed by atoms with Gasteiger partial charge < -0.3 is 0 Å². The Kier molecular flexibility index (Phi) is 3.78. The van der Waals surface area contributed by atoms with Crippen molar-refractivity contribution in [3.8, 4) is 0 Å². The second-order valence-electron chi connectivity index (χ2n) is 5.04. The predicted octanol–water partition coefficient (Wildman–Crippen LogP) is 2.55. The number of fused-ring (bicyclic) bond motifs is 1. The van der Waals surface area contributed by atoms with Crippen molar-refractivity contribution in [2.75, 3.05) is 4.31 Å². The predicted molar refractivity (Wildman–Crippen MR) is 86.2 cm³/mol. The number of nitrogens with zero attached hydrogens (tertiary/aromatic N) is 2. The van der Waals surface area contributed by atoms with Gasteiger partial charge in [0.05, 0.1) is 4.90 Å². The molecular formula is C15H13BrN2O3S. The molecule has 1 aromatic carbocycles. The van der Waals surface area contributed by atoms with E-state index in [9.17, 15) is 13.2 Å². The maximum absolute atomic E-state index is 12.9. The second kappa shape index (κ2) is 5.48. The highest BCUT2D eigenvalue weighted by Crippen LogP contribution is 2.38. The third kappa shape index (κ3) is 2.34. The minimum atomic E-state index is -3.83. The van der Waals surface area contributed by atoms with Gasteiger partial charge in [0.15, 0.2) is 5.78 Å². The van der Waals surface area contributed by atoms with Gasteiger partial charge in [-0.05, 0) is 25.1 Å². The Morgan fingerprint density at radius 1 is 1.27 bits per heavy atom. The number of sulfonamides is 1. The first-order valence-corrected chi connectivity index (χ1v) is 8.89. The monoisotopic (exact) mass is 380 g/mol. The minimum absolute atomic E-state index is 0.149. The Labute approximate surface area is 137 Å². The summed E-state index contributed by atoms with van der Waals surface area (Å²) < 4.78 is 27.8. The average molecular weight is 381 g/mol. The molecule has 0 spiro atoms. The standard InChI is InChI=1S/C15H13BrN2O3S/c1-10(19)14-9-12-13(16)7-8-17-15(12)18(14)22(20,21)11-5-3-2-4-6-11/h2-8,14H,9H2,1H3. The maximum Gasteiger partial charge on any atom is 0.266 e. The van der Waals surface area contributed by atoms with Crippen LogP contribution in [0, 0.1) is 0 Å². The second-order valence-corrected chi connectivity index (χ2v) is 7.71. The van der Waals surface area contributed by atoms with Crippen LogP contribution in [-0.4, -0.2) is 25.2 Å². The lowest BCUT2D eigenvalue weighted by molar-refractivity contribution is -0.117. The first-order chi connectivity index (χ1) is 10.4. The van der Waals surface area contributed by atoms with Crippen LogP contribution in [0.4, 0.5) is 5.82 Å². The van der Waals surface area contributed by atoms with E-state index in [0.29, 0.717) is 12.2 Å². The lowest BCUT2D eigenvalue weighted by Crippen LogP contribution is -2.42. The van der Waals surface area contributed by atoms with Gasteiger partial charge in [-0.1, -0.05) is 34.1 Å². The molecular weight excluding hydrogens is 368 g/mol. The molecule has 5 nitrogen and oxygen atoms in total. The van der Waals surface area contributed by atoms with Crippen LogP contribution in [-0.2, 0) is 21.2 Å². The molecule has 2 aromatic rings.